The van der Waals surface area contributed by atoms with Crippen molar-refractivity contribution in [3.05, 3.63) is 20.8 Å². The van der Waals surface area contributed by atoms with E-state index in [9.17, 15) is 14.7 Å². The zero-order valence-electron chi connectivity index (χ0n) is 10.6. The van der Waals surface area contributed by atoms with Crippen LogP contribution in [0.25, 0.3) is 0 Å². The van der Waals surface area contributed by atoms with Gasteiger partial charge in [0.1, 0.15) is 0 Å². The Hall–Kier alpha value is -0.880. The second-order valence-corrected chi connectivity index (χ2v) is 6.96. The maximum atomic E-state index is 12.2. The number of carbonyl (C=O) groups excluding carboxylic acids is 1. The molecule has 0 bridgehead atoms. The van der Waals surface area contributed by atoms with E-state index in [2.05, 4.69) is 21.2 Å². The fourth-order valence-electron chi connectivity index (χ4n) is 2.63. The van der Waals surface area contributed by atoms with E-state index in [1.165, 1.54) is 11.3 Å². The number of hydrogen-bond acceptors (Lipinski definition) is 3. The van der Waals surface area contributed by atoms with Gasteiger partial charge in [0.15, 0.2) is 0 Å². The van der Waals surface area contributed by atoms with E-state index in [-0.39, 0.29) is 5.91 Å². The van der Waals surface area contributed by atoms with Gasteiger partial charge in [-0.1, -0.05) is 12.8 Å². The number of nitrogens with one attached hydrogen (secondary N) is 1. The molecule has 0 spiro atoms. The van der Waals surface area contributed by atoms with Gasteiger partial charge in [-0.05, 0) is 41.8 Å². The Morgan fingerprint density at radius 3 is 2.84 bits per heavy atom. The quantitative estimate of drug-likeness (QED) is 0.883. The molecule has 2 unspecified atom stereocenters. The molecule has 2 N–H and O–H groups in total. The molecule has 6 heteroatoms. The number of aliphatic carboxylic acids is 1. The minimum atomic E-state index is -0.824. The summed E-state index contributed by atoms with van der Waals surface area (Å²) in [6.45, 7) is 1.84. The molecular formula is C13H16BrNO3S. The Morgan fingerprint density at radius 2 is 2.26 bits per heavy atom. The molecule has 2 rings (SSSR count). The van der Waals surface area contributed by atoms with Crippen LogP contribution >= 0.6 is 27.3 Å². The van der Waals surface area contributed by atoms with Crippen molar-refractivity contribution in [2.75, 3.05) is 0 Å². The van der Waals surface area contributed by atoms with E-state index >= 15 is 0 Å². The van der Waals surface area contributed by atoms with Crippen LogP contribution in [0, 0.1) is 5.92 Å². The lowest BCUT2D eigenvalue weighted by Crippen LogP contribution is -2.55. The number of carbonyl (C=O) groups is 2. The zero-order valence-corrected chi connectivity index (χ0v) is 13.0. The van der Waals surface area contributed by atoms with Crippen LogP contribution in [0.5, 0.6) is 0 Å². The minimum absolute atomic E-state index is 0.189. The first-order chi connectivity index (χ1) is 8.92. The summed E-state index contributed by atoms with van der Waals surface area (Å²) in [6.07, 6.45) is 3.20. The van der Waals surface area contributed by atoms with Crippen LogP contribution in [0.2, 0.25) is 0 Å². The van der Waals surface area contributed by atoms with Crippen LogP contribution in [-0.2, 0) is 4.79 Å². The molecule has 19 heavy (non-hydrogen) atoms. The molecule has 0 saturated heterocycles. The highest BCUT2D eigenvalue weighted by Crippen LogP contribution is 2.34. The van der Waals surface area contributed by atoms with Crippen molar-refractivity contribution in [1.82, 2.24) is 5.32 Å². The zero-order chi connectivity index (χ0) is 14.0. The predicted molar refractivity (Wildman–Crippen MR) is 77.5 cm³/mol. The summed E-state index contributed by atoms with van der Waals surface area (Å²) in [7, 11) is 0. The Kier molecular flexibility index (Phi) is 4.30. The first-order valence-electron chi connectivity index (χ1n) is 6.22. The third-order valence-corrected chi connectivity index (χ3v) is 5.39. The fraction of sp³-hybridized carbons (Fsp3) is 0.538. The average Bonchev–Trinajstić information content (AvgIpc) is 2.75. The van der Waals surface area contributed by atoms with Crippen molar-refractivity contribution in [3.63, 3.8) is 0 Å². The van der Waals surface area contributed by atoms with E-state index in [0.29, 0.717) is 17.7 Å². The molecule has 1 aliphatic carbocycles. The van der Waals surface area contributed by atoms with Crippen LogP contribution in [0.15, 0.2) is 15.9 Å². The largest absolute Gasteiger partial charge is 0.481 e. The van der Waals surface area contributed by atoms with Crippen molar-refractivity contribution < 1.29 is 14.7 Å². The summed E-state index contributed by atoms with van der Waals surface area (Å²) < 4.78 is 0.867. The lowest BCUT2D eigenvalue weighted by atomic mass is 9.74. The van der Waals surface area contributed by atoms with Crippen LogP contribution in [-0.4, -0.2) is 22.5 Å². The number of halogens is 1. The number of carboxylic acid groups (broad SMARTS) is 1. The number of rotatable bonds is 3. The Labute approximate surface area is 124 Å². The highest BCUT2D eigenvalue weighted by atomic mass is 79.9. The molecule has 0 aliphatic heterocycles. The second-order valence-electron chi connectivity index (χ2n) is 5.14. The summed E-state index contributed by atoms with van der Waals surface area (Å²) in [5.41, 5.74) is -0.655. The van der Waals surface area contributed by atoms with Crippen LogP contribution in [0.4, 0.5) is 0 Å². The highest BCUT2D eigenvalue weighted by Gasteiger charge is 2.42. The van der Waals surface area contributed by atoms with Crippen LogP contribution in [0.3, 0.4) is 0 Å². The van der Waals surface area contributed by atoms with Gasteiger partial charge in [0, 0.05) is 9.85 Å². The molecule has 1 aliphatic rings. The Morgan fingerprint density at radius 1 is 1.53 bits per heavy atom. The van der Waals surface area contributed by atoms with Gasteiger partial charge in [-0.15, -0.1) is 11.3 Å². The number of carboxylic acids is 1. The first-order valence-corrected chi connectivity index (χ1v) is 7.89. The Bertz CT molecular complexity index is 502. The fourth-order valence-corrected chi connectivity index (χ4v) is 3.95. The standard InChI is InChI=1S/C13H16BrNO3S/c1-13(5-3-2-4-9(13)12(17)18)15-11(16)10-6-8(14)7-19-10/h6-7,9H,2-5H2,1H3,(H,15,16)(H,17,18). The molecule has 0 aromatic carbocycles. The van der Waals surface area contributed by atoms with Gasteiger partial charge in [0.2, 0.25) is 0 Å². The Balaban J connectivity index is 2.15. The normalized spacial score (nSPS) is 26.9. The van der Waals surface area contributed by atoms with Crippen molar-refractivity contribution in [2.45, 2.75) is 38.1 Å². The van der Waals surface area contributed by atoms with Crippen LogP contribution < -0.4 is 5.32 Å². The number of amides is 1. The van der Waals surface area contributed by atoms with Crippen molar-refractivity contribution >= 4 is 39.1 Å². The van der Waals surface area contributed by atoms with Crippen molar-refractivity contribution in [1.29, 1.82) is 0 Å². The number of thiophene rings is 1. The highest BCUT2D eigenvalue weighted by molar-refractivity contribution is 9.10. The van der Waals surface area contributed by atoms with E-state index in [0.717, 1.165) is 17.3 Å². The smallest absolute Gasteiger partial charge is 0.308 e. The molecule has 2 atom stereocenters. The molecule has 104 valence electrons. The molecule has 1 amide bonds. The van der Waals surface area contributed by atoms with E-state index in [4.69, 9.17) is 0 Å². The summed E-state index contributed by atoms with van der Waals surface area (Å²) in [5, 5.41) is 14.1. The summed E-state index contributed by atoms with van der Waals surface area (Å²) in [4.78, 5) is 24.1. The maximum absolute atomic E-state index is 12.2. The van der Waals surface area contributed by atoms with Gasteiger partial charge >= 0.3 is 5.97 Å². The lowest BCUT2D eigenvalue weighted by Gasteiger charge is -2.39. The van der Waals surface area contributed by atoms with Gasteiger partial charge in [0.25, 0.3) is 5.91 Å². The van der Waals surface area contributed by atoms with Gasteiger partial charge < -0.3 is 10.4 Å². The lowest BCUT2D eigenvalue weighted by molar-refractivity contribution is -0.145. The van der Waals surface area contributed by atoms with E-state index < -0.39 is 17.4 Å². The van der Waals surface area contributed by atoms with Gasteiger partial charge in [-0.3, -0.25) is 9.59 Å². The SMILES string of the molecule is CC1(NC(=O)c2cc(Br)cs2)CCCCC1C(=O)O. The van der Waals surface area contributed by atoms with Gasteiger partial charge in [-0.2, -0.15) is 0 Å². The summed E-state index contributed by atoms with van der Waals surface area (Å²) in [5.74, 6) is -1.52. The van der Waals surface area contributed by atoms with Gasteiger partial charge in [-0.25, -0.2) is 0 Å². The molecule has 1 saturated carbocycles. The average molecular weight is 346 g/mol. The first kappa shape index (κ1) is 14.5. The van der Waals surface area contributed by atoms with Crippen LogP contribution in [0.1, 0.15) is 42.3 Å². The third-order valence-electron chi connectivity index (χ3n) is 3.70. The second kappa shape index (κ2) is 5.63. The van der Waals surface area contributed by atoms with Gasteiger partial charge in [0.05, 0.1) is 16.3 Å². The van der Waals surface area contributed by atoms with Crippen molar-refractivity contribution in [3.8, 4) is 0 Å². The van der Waals surface area contributed by atoms with E-state index in [1.54, 1.807) is 6.07 Å². The molecular weight excluding hydrogens is 330 g/mol. The minimum Gasteiger partial charge on any atom is -0.481 e. The third kappa shape index (κ3) is 3.17. The van der Waals surface area contributed by atoms with E-state index in [1.807, 2.05) is 12.3 Å². The predicted octanol–water partition coefficient (Wildman–Crippen LogP) is 3.27. The molecule has 4 nitrogen and oxygen atoms in total. The molecule has 1 aromatic rings. The number of hydrogen-bond donors (Lipinski definition) is 2. The topological polar surface area (TPSA) is 66.4 Å². The monoisotopic (exact) mass is 345 g/mol. The van der Waals surface area contributed by atoms with Crippen molar-refractivity contribution in [2.24, 2.45) is 5.92 Å². The molecule has 1 aromatic heterocycles. The maximum Gasteiger partial charge on any atom is 0.308 e. The molecule has 1 heterocycles. The molecule has 1 fully saturated rings. The summed E-state index contributed by atoms with van der Waals surface area (Å²) >= 11 is 4.66. The summed E-state index contributed by atoms with van der Waals surface area (Å²) in [6, 6.07) is 1.75. The molecule has 0 radical (unpaired) electrons.